The molecule has 0 saturated heterocycles. The molecular weight excluding hydrogens is 250 g/mol. The molecule has 0 aliphatic heterocycles. The highest BCUT2D eigenvalue weighted by molar-refractivity contribution is 7.09. The Morgan fingerprint density at radius 2 is 2.44 bits per heavy atom. The standard InChI is InChI=1S/C12H13N3O2S/c1-9-8-18-12(15-9)6-14-11(16)7-17-10-3-2-4-13-5-10/h2-5,8H,6-7H2,1H3,(H,14,16). The van der Waals surface area contributed by atoms with Crippen LogP contribution in [0.3, 0.4) is 0 Å². The topological polar surface area (TPSA) is 64.1 Å². The first-order valence-electron chi connectivity index (χ1n) is 5.44. The van der Waals surface area contributed by atoms with E-state index in [-0.39, 0.29) is 12.5 Å². The minimum Gasteiger partial charge on any atom is -0.482 e. The van der Waals surface area contributed by atoms with Crippen LogP contribution in [0.15, 0.2) is 29.9 Å². The van der Waals surface area contributed by atoms with Crippen molar-refractivity contribution in [3.63, 3.8) is 0 Å². The highest BCUT2D eigenvalue weighted by atomic mass is 32.1. The van der Waals surface area contributed by atoms with Crippen LogP contribution >= 0.6 is 11.3 Å². The second-order valence-corrected chi connectivity index (χ2v) is 4.58. The quantitative estimate of drug-likeness (QED) is 0.888. The van der Waals surface area contributed by atoms with Crippen molar-refractivity contribution in [2.45, 2.75) is 13.5 Å². The predicted octanol–water partition coefficient (Wildman–Crippen LogP) is 1.54. The van der Waals surface area contributed by atoms with Crippen LogP contribution in [-0.2, 0) is 11.3 Å². The van der Waals surface area contributed by atoms with Crippen molar-refractivity contribution in [1.29, 1.82) is 0 Å². The zero-order valence-electron chi connectivity index (χ0n) is 9.92. The lowest BCUT2D eigenvalue weighted by Gasteiger charge is -2.05. The molecule has 2 heterocycles. The summed E-state index contributed by atoms with van der Waals surface area (Å²) in [4.78, 5) is 19.7. The summed E-state index contributed by atoms with van der Waals surface area (Å²) in [6, 6.07) is 3.51. The van der Waals surface area contributed by atoms with Crippen molar-refractivity contribution in [2.24, 2.45) is 0 Å². The average molecular weight is 263 g/mol. The Morgan fingerprint density at radius 1 is 1.56 bits per heavy atom. The fraction of sp³-hybridized carbons (Fsp3) is 0.250. The van der Waals surface area contributed by atoms with Gasteiger partial charge in [0.1, 0.15) is 10.8 Å². The summed E-state index contributed by atoms with van der Waals surface area (Å²) in [5.41, 5.74) is 0.968. The Bertz CT molecular complexity index is 513. The van der Waals surface area contributed by atoms with E-state index in [0.717, 1.165) is 10.7 Å². The van der Waals surface area contributed by atoms with E-state index in [4.69, 9.17) is 4.74 Å². The summed E-state index contributed by atoms with van der Waals surface area (Å²) in [6.07, 6.45) is 3.22. The van der Waals surface area contributed by atoms with Gasteiger partial charge in [0.2, 0.25) is 0 Å². The van der Waals surface area contributed by atoms with Gasteiger partial charge in [-0.2, -0.15) is 0 Å². The van der Waals surface area contributed by atoms with Crippen molar-refractivity contribution in [2.75, 3.05) is 6.61 Å². The third-order valence-corrected chi connectivity index (χ3v) is 3.07. The van der Waals surface area contributed by atoms with E-state index in [1.165, 1.54) is 11.3 Å². The lowest BCUT2D eigenvalue weighted by molar-refractivity contribution is -0.123. The Hall–Kier alpha value is -1.95. The minimum absolute atomic E-state index is 0.0178. The average Bonchev–Trinajstić information content (AvgIpc) is 2.81. The number of aromatic nitrogens is 2. The van der Waals surface area contributed by atoms with Gasteiger partial charge in [0.05, 0.1) is 12.7 Å². The number of rotatable bonds is 5. The van der Waals surface area contributed by atoms with Gasteiger partial charge in [-0.3, -0.25) is 9.78 Å². The number of carbonyl (C=O) groups excluding carboxylic acids is 1. The van der Waals surface area contributed by atoms with E-state index in [0.29, 0.717) is 12.3 Å². The number of amides is 1. The number of thiazole rings is 1. The highest BCUT2D eigenvalue weighted by Crippen LogP contribution is 2.08. The lowest BCUT2D eigenvalue weighted by Crippen LogP contribution is -2.28. The fourth-order valence-electron chi connectivity index (χ4n) is 1.29. The van der Waals surface area contributed by atoms with Crippen LogP contribution in [0, 0.1) is 6.92 Å². The normalized spacial score (nSPS) is 10.1. The van der Waals surface area contributed by atoms with Gasteiger partial charge in [-0.05, 0) is 19.1 Å². The van der Waals surface area contributed by atoms with E-state index < -0.39 is 0 Å². The van der Waals surface area contributed by atoms with Crippen molar-refractivity contribution >= 4 is 17.2 Å². The molecule has 0 aromatic carbocycles. The summed E-state index contributed by atoms with van der Waals surface area (Å²) < 4.78 is 5.27. The number of hydrogen-bond donors (Lipinski definition) is 1. The number of carbonyl (C=O) groups is 1. The van der Waals surface area contributed by atoms with Gasteiger partial charge in [-0.15, -0.1) is 11.3 Å². The third kappa shape index (κ3) is 3.81. The van der Waals surface area contributed by atoms with E-state index in [2.05, 4.69) is 15.3 Å². The first-order valence-corrected chi connectivity index (χ1v) is 6.32. The second-order valence-electron chi connectivity index (χ2n) is 3.64. The van der Waals surface area contributed by atoms with Gasteiger partial charge in [0.15, 0.2) is 6.61 Å². The van der Waals surface area contributed by atoms with E-state index in [1.54, 1.807) is 24.5 Å². The first-order chi connectivity index (χ1) is 8.74. The Morgan fingerprint density at radius 3 is 3.11 bits per heavy atom. The molecule has 1 amide bonds. The Balaban J connectivity index is 1.73. The monoisotopic (exact) mass is 263 g/mol. The molecule has 0 aliphatic rings. The van der Waals surface area contributed by atoms with Crippen LogP contribution in [-0.4, -0.2) is 22.5 Å². The number of ether oxygens (including phenoxy) is 1. The number of aryl methyl sites for hydroxylation is 1. The van der Waals surface area contributed by atoms with Crippen molar-refractivity contribution in [3.8, 4) is 5.75 Å². The van der Waals surface area contributed by atoms with Crippen LogP contribution in [0.2, 0.25) is 0 Å². The maximum absolute atomic E-state index is 11.5. The van der Waals surface area contributed by atoms with Crippen molar-refractivity contribution in [3.05, 3.63) is 40.6 Å². The maximum Gasteiger partial charge on any atom is 0.258 e. The molecular formula is C12H13N3O2S. The predicted molar refractivity (Wildman–Crippen MR) is 68.4 cm³/mol. The number of hydrogen-bond acceptors (Lipinski definition) is 5. The summed E-state index contributed by atoms with van der Waals surface area (Å²) in [6.45, 7) is 2.34. The van der Waals surface area contributed by atoms with Gasteiger partial charge in [-0.1, -0.05) is 0 Å². The van der Waals surface area contributed by atoms with Gasteiger partial charge in [0, 0.05) is 17.3 Å². The largest absolute Gasteiger partial charge is 0.482 e. The minimum atomic E-state index is -0.174. The van der Waals surface area contributed by atoms with Gasteiger partial charge in [-0.25, -0.2) is 4.98 Å². The lowest BCUT2D eigenvalue weighted by atomic mass is 10.5. The van der Waals surface area contributed by atoms with Crippen LogP contribution in [0.25, 0.3) is 0 Å². The van der Waals surface area contributed by atoms with Gasteiger partial charge < -0.3 is 10.1 Å². The van der Waals surface area contributed by atoms with Crippen LogP contribution in [0.5, 0.6) is 5.75 Å². The molecule has 0 atom stereocenters. The Kier molecular flexibility index (Phi) is 4.25. The van der Waals surface area contributed by atoms with Crippen LogP contribution in [0.1, 0.15) is 10.7 Å². The zero-order chi connectivity index (χ0) is 12.8. The number of pyridine rings is 1. The Labute approximate surface area is 109 Å². The first kappa shape index (κ1) is 12.5. The zero-order valence-corrected chi connectivity index (χ0v) is 10.7. The van der Waals surface area contributed by atoms with E-state index in [1.807, 2.05) is 12.3 Å². The third-order valence-electron chi connectivity index (χ3n) is 2.11. The number of nitrogens with zero attached hydrogens (tertiary/aromatic N) is 2. The fourth-order valence-corrected chi connectivity index (χ4v) is 2.00. The summed E-state index contributed by atoms with van der Waals surface area (Å²) >= 11 is 1.53. The summed E-state index contributed by atoms with van der Waals surface area (Å²) in [5, 5.41) is 5.59. The molecule has 0 aliphatic carbocycles. The maximum atomic E-state index is 11.5. The van der Waals surface area contributed by atoms with E-state index >= 15 is 0 Å². The van der Waals surface area contributed by atoms with Crippen LogP contribution in [0.4, 0.5) is 0 Å². The molecule has 0 fully saturated rings. The van der Waals surface area contributed by atoms with Gasteiger partial charge >= 0.3 is 0 Å². The summed E-state index contributed by atoms with van der Waals surface area (Å²) in [5.74, 6) is 0.407. The molecule has 2 aromatic rings. The van der Waals surface area contributed by atoms with Crippen LogP contribution < -0.4 is 10.1 Å². The molecule has 2 aromatic heterocycles. The van der Waals surface area contributed by atoms with Crippen molar-refractivity contribution in [1.82, 2.24) is 15.3 Å². The highest BCUT2D eigenvalue weighted by Gasteiger charge is 2.04. The molecule has 0 bridgehead atoms. The molecule has 6 heteroatoms. The molecule has 0 radical (unpaired) electrons. The van der Waals surface area contributed by atoms with E-state index in [9.17, 15) is 4.79 Å². The SMILES string of the molecule is Cc1csc(CNC(=O)COc2cccnc2)n1. The molecule has 0 spiro atoms. The molecule has 0 unspecified atom stereocenters. The molecule has 94 valence electrons. The molecule has 1 N–H and O–H groups in total. The van der Waals surface area contributed by atoms with Gasteiger partial charge in [0.25, 0.3) is 5.91 Å². The molecule has 2 rings (SSSR count). The molecule has 0 saturated carbocycles. The molecule has 18 heavy (non-hydrogen) atoms. The molecule has 5 nitrogen and oxygen atoms in total. The van der Waals surface area contributed by atoms with Crippen molar-refractivity contribution < 1.29 is 9.53 Å². The number of nitrogens with one attached hydrogen (secondary N) is 1. The smallest absolute Gasteiger partial charge is 0.258 e. The second kappa shape index (κ2) is 6.11. The summed E-state index contributed by atoms with van der Waals surface area (Å²) in [7, 11) is 0.